The summed E-state index contributed by atoms with van der Waals surface area (Å²) >= 11 is 0. The van der Waals surface area contributed by atoms with Gasteiger partial charge in [0, 0.05) is 12.1 Å². The number of nitrogens with one attached hydrogen (secondary N) is 1. The molecule has 1 aliphatic heterocycles. The third-order valence-corrected chi connectivity index (χ3v) is 7.15. The van der Waals surface area contributed by atoms with Crippen LogP contribution in [-0.4, -0.2) is 54.3 Å². The number of unbranched alkanes of at least 4 members (excludes halogenated alkanes) is 2. The normalized spacial score (nSPS) is 14.6. The lowest BCUT2D eigenvalue weighted by atomic mass is 9.88. The number of halogens is 3. The highest BCUT2D eigenvalue weighted by atomic mass is 19.2. The Bertz CT molecular complexity index is 1310. The second kappa shape index (κ2) is 12.3. The first-order chi connectivity index (χ1) is 18.3. The standard InChI is InChI=1S/C28H32F3N3O4/c1-37-23-9-5-4-8-20(23)18-10-14-33(15-11-18)12-6-3-7-13-34-26(25(27(35)38-2)32-28(34)36)19-16-21(29)24(31)22(30)17-19/h4-5,8-9,16-18H,3,6-7,10-15H2,1-2H3,(H,32,36). The van der Waals surface area contributed by atoms with Gasteiger partial charge in [-0.05, 0) is 75.0 Å². The molecule has 0 saturated carbocycles. The molecule has 7 nitrogen and oxygen atoms in total. The molecule has 1 fully saturated rings. The monoisotopic (exact) mass is 531 g/mol. The molecule has 4 rings (SSSR count). The van der Waals surface area contributed by atoms with Crippen molar-refractivity contribution >= 4 is 5.97 Å². The van der Waals surface area contributed by atoms with E-state index in [9.17, 15) is 22.8 Å². The number of carbonyl (C=O) groups is 1. The molecular formula is C28H32F3N3O4. The summed E-state index contributed by atoms with van der Waals surface area (Å²) in [5, 5.41) is 0. The number of hydrogen-bond acceptors (Lipinski definition) is 5. The van der Waals surface area contributed by atoms with Gasteiger partial charge in [-0.25, -0.2) is 22.8 Å². The van der Waals surface area contributed by atoms with Gasteiger partial charge in [0.15, 0.2) is 23.1 Å². The summed E-state index contributed by atoms with van der Waals surface area (Å²) in [7, 11) is 2.83. The van der Waals surface area contributed by atoms with Crippen molar-refractivity contribution in [2.45, 2.75) is 44.6 Å². The number of aromatic nitrogens is 2. The van der Waals surface area contributed by atoms with E-state index < -0.39 is 29.1 Å². The molecule has 204 valence electrons. The maximum Gasteiger partial charge on any atom is 0.356 e. The number of para-hydroxylation sites is 1. The van der Waals surface area contributed by atoms with Gasteiger partial charge in [-0.15, -0.1) is 0 Å². The van der Waals surface area contributed by atoms with E-state index in [1.54, 1.807) is 7.11 Å². The number of carbonyl (C=O) groups excluding carboxylic acids is 1. The number of ether oxygens (including phenoxy) is 2. The van der Waals surface area contributed by atoms with Crippen LogP contribution in [0.1, 0.15) is 54.1 Å². The first kappa shape index (κ1) is 27.5. The number of aromatic amines is 1. The lowest BCUT2D eigenvalue weighted by Crippen LogP contribution is -2.33. The van der Waals surface area contributed by atoms with Gasteiger partial charge < -0.3 is 14.4 Å². The number of benzene rings is 2. The number of likely N-dealkylation sites (tertiary alicyclic amines) is 1. The molecule has 0 atom stereocenters. The quantitative estimate of drug-likeness (QED) is 0.224. The average molecular weight is 532 g/mol. The molecule has 0 spiro atoms. The molecule has 0 unspecified atom stereocenters. The zero-order valence-corrected chi connectivity index (χ0v) is 21.6. The molecule has 2 aromatic carbocycles. The summed E-state index contributed by atoms with van der Waals surface area (Å²) in [6, 6.07) is 9.69. The lowest BCUT2D eigenvalue weighted by Gasteiger charge is -2.32. The Morgan fingerprint density at radius 2 is 1.66 bits per heavy atom. The number of piperidine rings is 1. The predicted octanol–water partition coefficient (Wildman–Crippen LogP) is 5.11. The highest BCUT2D eigenvalue weighted by molar-refractivity contribution is 5.94. The first-order valence-corrected chi connectivity index (χ1v) is 12.7. The van der Waals surface area contributed by atoms with E-state index in [-0.39, 0.29) is 23.5 Å². The molecule has 38 heavy (non-hydrogen) atoms. The minimum atomic E-state index is -1.62. The maximum absolute atomic E-state index is 13.9. The van der Waals surface area contributed by atoms with Crippen molar-refractivity contribution < 1.29 is 27.4 Å². The van der Waals surface area contributed by atoms with Gasteiger partial charge >= 0.3 is 11.7 Å². The number of H-pyrrole nitrogens is 1. The van der Waals surface area contributed by atoms with E-state index in [1.807, 2.05) is 18.2 Å². The van der Waals surface area contributed by atoms with Crippen LogP contribution in [0, 0.1) is 17.5 Å². The van der Waals surface area contributed by atoms with Gasteiger partial charge in [0.05, 0.1) is 19.9 Å². The third-order valence-electron chi connectivity index (χ3n) is 7.15. The molecule has 1 N–H and O–H groups in total. The van der Waals surface area contributed by atoms with E-state index in [0.717, 1.165) is 70.3 Å². The second-order valence-electron chi connectivity index (χ2n) is 9.47. The van der Waals surface area contributed by atoms with Gasteiger partial charge in [-0.3, -0.25) is 9.55 Å². The maximum atomic E-state index is 13.9. The third kappa shape index (κ3) is 5.96. The highest BCUT2D eigenvalue weighted by Gasteiger charge is 2.25. The fraction of sp³-hybridized carbons (Fsp3) is 0.429. The van der Waals surface area contributed by atoms with Crippen molar-refractivity contribution in [3.8, 4) is 17.0 Å². The molecular weight excluding hydrogens is 499 g/mol. The van der Waals surface area contributed by atoms with E-state index in [1.165, 1.54) is 10.1 Å². The van der Waals surface area contributed by atoms with Crippen molar-refractivity contribution in [1.29, 1.82) is 0 Å². The number of rotatable bonds is 10. The number of methoxy groups -OCH3 is 2. The van der Waals surface area contributed by atoms with Crippen LogP contribution < -0.4 is 10.4 Å². The molecule has 2 heterocycles. The Hall–Kier alpha value is -3.53. The summed E-state index contributed by atoms with van der Waals surface area (Å²) in [6.45, 7) is 3.14. The van der Waals surface area contributed by atoms with Crippen LogP contribution in [0.25, 0.3) is 11.3 Å². The fourth-order valence-corrected chi connectivity index (χ4v) is 5.18. The Kier molecular flexibility index (Phi) is 8.93. The molecule has 3 aromatic rings. The number of nitrogens with zero attached hydrogens (tertiary/aromatic N) is 2. The number of hydrogen-bond donors (Lipinski definition) is 1. The number of imidazole rings is 1. The largest absolute Gasteiger partial charge is 0.496 e. The van der Waals surface area contributed by atoms with Crippen molar-refractivity contribution in [1.82, 2.24) is 14.5 Å². The number of esters is 1. The van der Waals surface area contributed by atoms with Gasteiger partial charge in [0.2, 0.25) is 0 Å². The van der Waals surface area contributed by atoms with E-state index >= 15 is 0 Å². The van der Waals surface area contributed by atoms with E-state index in [4.69, 9.17) is 9.47 Å². The van der Waals surface area contributed by atoms with Gasteiger partial charge in [0.25, 0.3) is 0 Å². The summed E-state index contributed by atoms with van der Waals surface area (Å²) in [5.74, 6) is -3.89. The zero-order chi connectivity index (χ0) is 27.2. The Balaban J connectivity index is 1.34. The van der Waals surface area contributed by atoms with Crippen molar-refractivity contribution in [3.05, 3.63) is 75.6 Å². The van der Waals surface area contributed by atoms with Crippen LogP contribution in [0.2, 0.25) is 0 Å². The molecule has 1 saturated heterocycles. The molecule has 0 radical (unpaired) electrons. The molecule has 0 bridgehead atoms. The average Bonchev–Trinajstić information content (AvgIpc) is 3.27. The minimum absolute atomic E-state index is 0.0296. The van der Waals surface area contributed by atoms with Crippen LogP contribution in [0.5, 0.6) is 5.75 Å². The Morgan fingerprint density at radius 3 is 2.32 bits per heavy atom. The molecule has 1 aliphatic rings. The summed E-state index contributed by atoms with van der Waals surface area (Å²) < 4.78 is 52.8. The molecule has 0 aliphatic carbocycles. The molecule has 0 amide bonds. The Morgan fingerprint density at radius 1 is 1.00 bits per heavy atom. The Labute approximate surface area is 219 Å². The van der Waals surface area contributed by atoms with Crippen molar-refractivity contribution in [2.75, 3.05) is 33.9 Å². The smallest absolute Gasteiger partial charge is 0.356 e. The first-order valence-electron chi connectivity index (χ1n) is 12.7. The molecule has 10 heteroatoms. The van der Waals surface area contributed by atoms with Crippen LogP contribution in [0.4, 0.5) is 13.2 Å². The lowest BCUT2D eigenvalue weighted by molar-refractivity contribution is 0.0595. The van der Waals surface area contributed by atoms with Gasteiger partial charge in [-0.2, -0.15) is 0 Å². The SMILES string of the molecule is COC(=O)c1[nH]c(=O)n(CCCCCN2CCC(c3ccccc3OC)CC2)c1-c1cc(F)c(F)c(F)c1. The highest BCUT2D eigenvalue weighted by Crippen LogP contribution is 2.34. The summed E-state index contributed by atoms with van der Waals surface area (Å²) in [6.07, 6.45) is 4.45. The van der Waals surface area contributed by atoms with Crippen molar-refractivity contribution in [3.63, 3.8) is 0 Å². The zero-order valence-electron chi connectivity index (χ0n) is 21.6. The van der Waals surface area contributed by atoms with Crippen LogP contribution >= 0.6 is 0 Å². The van der Waals surface area contributed by atoms with Crippen molar-refractivity contribution in [2.24, 2.45) is 0 Å². The second-order valence-corrected chi connectivity index (χ2v) is 9.47. The van der Waals surface area contributed by atoms with Crippen LogP contribution in [0.3, 0.4) is 0 Å². The minimum Gasteiger partial charge on any atom is -0.496 e. The summed E-state index contributed by atoms with van der Waals surface area (Å²) in [4.78, 5) is 29.7. The predicted molar refractivity (Wildman–Crippen MR) is 137 cm³/mol. The van der Waals surface area contributed by atoms with E-state index in [2.05, 4.69) is 16.0 Å². The fourth-order valence-electron chi connectivity index (χ4n) is 5.18. The van der Waals surface area contributed by atoms with Gasteiger partial charge in [0.1, 0.15) is 5.75 Å². The van der Waals surface area contributed by atoms with Crippen LogP contribution in [0.15, 0.2) is 41.2 Å². The topological polar surface area (TPSA) is 76.6 Å². The van der Waals surface area contributed by atoms with E-state index in [0.29, 0.717) is 12.3 Å². The van der Waals surface area contributed by atoms with Gasteiger partial charge in [-0.1, -0.05) is 24.6 Å². The summed E-state index contributed by atoms with van der Waals surface area (Å²) in [5.41, 5.74) is 0.260. The molecule has 1 aromatic heterocycles. The van der Waals surface area contributed by atoms with Crippen LogP contribution in [-0.2, 0) is 11.3 Å².